The minimum atomic E-state index is -4.93. The number of rotatable bonds is 4. The van der Waals surface area contributed by atoms with Gasteiger partial charge in [-0.05, 0) is 24.3 Å². The van der Waals surface area contributed by atoms with Crippen LogP contribution in [0, 0.1) is 0 Å². The van der Waals surface area contributed by atoms with Gasteiger partial charge in [-0.15, -0.1) is 0 Å². The van der Waals surface area contributed by atoms with Gasteiger partial charge >= 0.3 is 6.18 Å². The number of carbonyl (C=O) groups is 1. The summed E-state index contributed by atoms with van der Waals surface area (Å²) in [7, 11) is 0. The van der Waals surface area contributed by atoms with Crippen LogP contribution in [0.2, 0.25) is 0 Å². The summed E-state index contributed by atoms with van der Waals surface area (Å²) in [5, 5.41) is 2.26. The van der Waals surface area contributed by atoms with Crippen molar-refractivity contribution < 1.29 is 31.2 Å². The highest BCUT2D eigenvalue weighted by Gasteiger charge is 2.44. The number of nitrogens with one attached hydrogen (secondary N) is 1. The Hall–Kier alpha value is -3.50. The molecule has 30 heavy (non-hydrogen) atoms. The third kappa shape index (κ3) is 3.95. The van der Waals surface area contributed by atoms with Gasteiger partial charge in [0.2, 0.25) is 11.7 Å². The molecule has 3 heterocycles. The Bertz CT molecular complexity index is 1060. The first kappa shape index (κ1) is 19.8. The highest BCUT2D eigenvalue weighted by Crippen LogP contribution is 2.36. The Morgan fingerprint density at radius 2 is 1.80 bits per heavy atom. The fraction of sp³-hybridized carbons (Fsp3) is 0.211. The molecule has 0 spiro atoms. The van der Waals surface area contributed by atoms with Crippen molar-refractivity contribution in [3.8, 4) is 11.5 Å². The van der Waals surface area contributed by atoms with Gasteiger partial charge in [0, 0.05) is 5.56 Å². The van der Waals surface area contributed by atoms with Crippen LogP contribution in [-0.2, 0) is 6.18 Å². The van der Waals surface area contributed by atoms with Crippen LogP contribution in [0.15, 0.2) is 53.1 Å². The largest absolute Gasteiger partial charge is 0.452 e. The summed E-state index contributed by atoms with van der Waals surface area (Å²) in [6.07, 6.45) is -3.77. The number of hydrogen-bond acceptors (Lipinski definition) is 5. The van der Waals surface area contributed by atoms with E-state index >= 15 is 0 Å². The number of pyridine rings is 1. The number of amides is 1. The van der Waals surface area contributed by atoms with Crippen molar-refractivity contribution >= 4 is 17.4 Å². The average Bonchev–Trinajstić information content (AvgIpc) is 3.14. The number of anilines is 2. The number of alkyl halides is 5. The lowest BCUT2D eigenvalue weighted by atomic mass is 10.1. The molecule has 1 saturated heterocycles. The number of nitrogens with zero attached hydrogens (tertiary/aromatic N) is 3. The maximum atomic E-state index is 13.3. The van der Waals surface area contributed by atoms with Crippen LogP contribution >= 0.6 is 0 Å². The molecule has 0 saturated carbocycles. The fourth-order valence-corrected chi connectivity index (χ4v) is 2.88. The van der Waals surface area contributed by atoms with E-state index in [1.165, 1.54) is 29.2 Å². The molecule has 1 N–H and O–H groups in total. The molecule has 1 amide bonds. The van der Waals surface area contributed by atoms with Gasteiger partial charge < -0.3 is 14.6 Å². The van der Waals surface area contributed by atoms with Gasteiger partial charge in [0.25, 0.3) is 11.8 Å². The molecule has 0 atom stereocenters. The molecule has 0 radical (unpaired) electrons. The predicted octanol–water partition coefficient (Wildman–Crippen LogP) is 4.46. The van der Waals surface area contributed by atoms with E-state index < -0.39 is 42.5 Å². The third-order valence-electron chi connectivity index (χ3n) is 4.29. The van der Waals surface area contributed by atoms with Gasteiger partial charge in [0.1, 0.15) is 5.82 Å². The van der Waals surface area contributed by atoms with Crippen LogP contribution in [0.5, 0.6) is 0 Å². The molecule has 11 heteroatoms. The molecular formula is C19H13F5N4O2. The van der Waals surface area contributed by atoms with Crippen molar-refractivity contribution in [1.82, 2.24) is 9.97 Å². The SMILES string of the molecule is O=C(Nc1ccc(N2CC(F)(F)C2)nc1)c1nc(-c2ccccc2)oc1C(F)(F)F. The molecule has 1 aromatic carbocycles. The lowest BCUT2D eigenvalue weighted by Gasteiger charge is -2.39. The van der Waals surface area contributed by atoms with Gasteiger partial charge in [0.05, 0.1) is 25.0 Å². The quantitative estimate of drug-likeness (QED) is 0.626. The Kier molecular flexibility index (Phi) is 4.67. The standard InChI is InChI=1S/C19H13F5N4O2/c20-18(21)9-28(10-18)13-7-6-12(8-25-13)26-16(29)14-15(19(22,23)24)30-17(27-14)11-4-2-1-3-5-11/h1-8H,9-10H2,(H,26,29). The van der Waals surface area contributed by atoms with Crippen LogP contribution in [0.3, 0.4) is 0 Å². The summed E-state index contributed by atoms with van der Waals surface area (Å²) in [5.74, 6) is -5.51. The van der Waals surface area contributed by atoms with Crippen molar-refractivity contribution in [3.63, 3.8) is 0 Å². The molecular weight excluding hydrogens is 411 g/mol. The van der Waals surface area contributed by atoms with E-state index in [4.69, 9.17) is 4.42 Å². The molecule has 0 aliphatic carbocycles. The Morgan fingerprint density at radius 1 is 1.10 bits per heavy atom. The van der Waals surface area contributed by atoms with Crippen molar-refractivity contribution in [1.29, 1.82) is 0 Å². The second-order valence-corrected chi connectivity index (χ2v) is 6.63. The number of benzene rings is 1. The van der Waals surface area contributed by atoms with Gasteiger partial charge in [-0.1, -0.05) is 18.2 Å². The van der Waals surface area contributed by atoms with E-state index in [0.29, 0.717) is 0 Å². The van der Waals surface area contributed by atoms with Crippen LogP contribution in [-0.4, -0.2) is 34.9 Å². The molecule has 1 aliphatic heterocycles. The van der Waals surface area contributed by atoms with E-state index in [1.54, 1.807) is 18.2 Å². The summed E-state index contributed by atoms with van der Waals surface area (Å²) < 4.78 is 70.7. The van der Waals surface area contributed by atoms with Crippen LogP contribution in [0.25, 0.3) is 11.5 Å². The second kappa shape index (κ2) is 7.08. The normalized spacial score (nSPS) is 15.6. The minimum absolute atomic E-state index is 0.0772. The van der Waals surface area contributed by atoms with Crippen LogP contribution in [0.1, 0.15) is 16.2 Å². The molecule has 0 bridgehead atoms. The molecule has 3 aromatic rings. The highest BCUT2D eigenvalue weighted by atomic mass is 19.4. The zero-order chi connectivity index (χ0) is 21.5. The van der Waals surface area contributed by atoms with E-state index in [0.717, 1.165) is 6.20 Å². The number of carbonyl (C=O) groups excluding carboxylic acids is 1. The maximum Gasteiger partial charge on any atom is 0.452 e. The van der Waals surface area contributed by atoms with Gasteiger partial charge in [-0.25, -0.2) is 18.7 Å². The number of aromatic nitrogens is 2. The predicted molar refractivity (Wildman–Crippen MR) is 96.3 cm³/mol. The van der Waals surface area contributed by atoms with Crippen molar-refractivity contribution in [2.45, 2.75) is 12.1 Å². The van der Waals surface area contributed by atoms with Crippen LogP contribution in [0.4, 0.5) is 33.5 Å². The first-order valence-corrected chi connectivity index (χ1v) is 8.66. The zero-order valence-electron chi connectivity index (χ0n) is 15.1. The van der Waals surface area contributed by atoms with Crippen molar-refractivity contribution in [3.05, 3.63) is 60.1 Å². The molecule has 0 unspecified atom stereocenters. The van der Waals surface area contributed by atoms with E-state index in [-0.39, 0.29) is 23.0 Å². The molecule has 156 valence electrons. The topological polar surface area (TPSA) is 71.3 Å². The summed E-state index contributed by atoms with van der Waals surface area (Å²) in [5.41, 5.74) is -0.569. The molecule has 6 nitrogen and oxygen atoms in total. The number of hydrogen-bond donors (Lipinski definition) is 1. The van der Waals surface area contributed by atoms with E-state index in [1.807, 2.05) is 0 Å². The van der Waals surface area contributed by atoms with Gasteiger partial charge in [-0.3, -0.25) is 4.79 Å². The fourth-order valence-electron chi connectivity index (χ4n) is 2.88. The zero-order valence-corrected chi connectivity index (χ0v) is 15.1. The van der Waals surface area contributed by atoms with Gasteiger partial charge in [0.15, 0.2) is 5.69 Å². The monoisotopic (exact) mass is 424 g/mol. The Labute approximate surface area is 166 Å². The summed E-state index contributed by atoms with van der Waals surface area (Å²) in [4.78, 5) is 21.4. The summed E-state index contributed by atoms with van der Waals surface area (Å²) in [6.45, 7) is -0.941. The highest BCUT2D eigenvalue weighted by molar-refractivity contribution is 6.04. The second-order valence-electron chi connectivity index (χ2n) is 6.63. The van der Waals surface area contributed by atoms with Crippen molar-refractivity contribution in [2.24, 2.45) is 0 Å². The van der Waals surface area contributed by atoms with Crippen LogP contribution < -0.4 is 10.2 Å². The Morgan fingerprint density at radius 3 is 2.37 bits per heavy atom. The molecule has 1 fully saturated rings. The van der Waals surface area contributed by atoms with Gasteiger partial charge in [-0.2, -0.15) is 13.2 Å². The first-order valence-electron chi connectivity index (χ1n) is 8.66. The Balaban J connectivity index is 1.55. The molecule has 4 rings (SSSR count). The van der Waals surface area contributed by atoms with Crippen molar-refractivity contribution in [2.75, 3.05) is 23.3 Å². The smallest absolute Gasteiger partial charge is 0.431 e. The number of oxazole rings is 1. The minimum Gasteiger partial charge on any atom is -0.431 e. The maximum absolute atomic E-state index is 13.3. The van der Waals surface area contributed by atoms with E-state index in [9.17, 15) is 26.7 Å². The van der Waals surface area contributed by atoms with E-state index in [2.05, 4.69) is 15.3 Å². The lowest BCUT2D eigenvalue weighted by Crippen LogP contribution is -2.56. The average molecular weight is 424 g/mol. The summed E-state index contributed by atoms with van der Waals surface area (Å²) >= 11 is 0. The lowest BCUT2D eigenvalue weighted by molar-refractivity contribution is -0.153. The first-order chi connectivity index (χ1) is 14.1. The summed E-state index contributed by atoms with van der Waals surface area (Å²) in [6, 6.07) is 10.6. The number of halogens is 5. The molecule has 2 aromatic heterocycles. The molecule has 1 aliphatic rings. The third-order valence-corrected chi connectivity index (χ3v) is 4.29.